The van der Waals surface area contributed by atoms with E-state index in [1.54, 1.807) is 0 Å². The molecule has 3 rings (SSSR count). The van der Waals surface area contributed by atoms with Gasteiger partial charge in [-0.3, -0.25) is 14.6 Å². The number of carboxylic acids is 1. The summed E-state index contributed by atoms with van der Waals surface area (Å²) in [6.45, 7) is 6.01. The number of rotatable bonds is 4. The Morgan fingerprint density at radius 3 is 2.82 bits per heavy atom. The van der Waals surface area contributed by atoms with Crippen LogP contribution in [0.15, 0.2) is 24.3 Å². The Morgan fingerprint density at radius 1 is 1.32 bits per heavy atom. The second kappa shape index (κ2) is 7.44. The molecule has 2 saturated heterocycles. The van der Waals surface area contributed by atoms with E-state index in [1.807, 2.05) is 18.2 Å². The third-order valence-electron chi connectivity index (χ3n) is 4.95. The lowest BCUT2D eigenvalue weighted by atomic mass is 9.96. The van der Waals surface area contributed by atoms with E-state index in [4.69, 9.17) is 0 Å². The first-order valence-electron chi connectivity index (χ1n) is 7.99. The van der Waals surface area contributed by atoms with Gasteiger partial charge in [-0.05, 0) is 36.9 Å². The Kier molecular flexibility index (Phi) is 5.84. The predicted octanol–water partition coefficient (Wildman–Crippen LogP) is 2.58. The lowest BCUT2D eigenvalue weighted by Crippen LogP contribution is -2.52. The van der Waals surface area contributed by atoms with Crippen LogP contribution in [0.5, 0.6) is 0 Å². The number of hydrogen-bond donors (Lipinski definition) is 1. The highest BCUT2D eigenvalue weighted by molar-refractivity contribution is 5.85. The topological polar surface area (TPSA) is 43.8 Å². The number of benzene rings is 1. The van der Waals surface area contributed by atoms with Crippen molar-refractivity contribution in [1.82, 2.24) is 9.80 Å². The molecule has 2 fully saturated rings. The molecule has 0 radical (unpaired) electrons. The number of aliphatic carboxylic acids is 1. The molecule has 0 spiro atoms. The molecule has 4 nitrogen and oxygen atoms in total. The SMILES string of the molecule is CCc1ccccc1C(C(=O)O)N1CCN2CCC[C@@H]2C1.Cl. The van der Waals surface area contributed by atoms with Crippen LogP contribution in [0.3, 0.4) is 0 Å². The largest absolute Gasteiger partial charge is 0.480 e. The normalized spacial score (nSPS) is 23.6. The van der Waals surface area contributed by atoms with Crippen molar-refractivity contribution in [3.63, 3.8) is 0 Å². The number of carbonyl (C=O) groups is 1. The van der Waals surface area contributed by atoms with Gasteiger partial charge in [0.05, 0.1) is 0 Å². The van der Waals surface area contributed by atoms with E-state index in [-0.39, 0.29) is 12.4 Å². The molecule has 2 atom stereocenters. The van der Waals surface area contributed by atoms with Crippen LogP contribution >= 0.6 is 12.4 Å². The Labute approximate surface area is 138 Å². The number of fused-ring (bicyclic) bond motifs is 1. The van der Waals surface area contributed by atoms with Gasteiger partial charge in [0.15, 0.2) is 0 Å². The maximum atomic E-state index is 11.9. The monoisotopic (exact) mass is 324 g/mol. The molecular weight excluding hydrogens is 300 g/mol. The Hall–Kier alpha value is -1.10. The molecule has 22 heavy (non-hydrogen) atoms. The molecular formula is C17H25ClN2O2. The van der Waals surface area contributed by atoms with Crippen LogP contribution in [0, 0.1) is 0 Å². The van der Waals surface area contributed by atoms with Gasteiger partial charge in [-0.2, -0.15) is 0 Å². The van der Waals surface area contributed by atoms with E-state index in [9.17, 15) is 9.90 Å². The van der Waals surface area contributed by atoms with Gasteiger partial charge in [0.2, 0.25) is 0 Å². The molecule has 0 amide bonds. The minimum absolute atomic E-state index is 0. The Morgan fingerprint density at radius 2 is 2.09 bits per heavy atom. The van der Waals surface area contributed by atoms with E-state index < -0.39 is 12.0 Å². The molecule has 1 aromatic carbocycles. The van der Waals surface area contributed by atoms with Crippen molar-refractivity contribution < 1.29 is 9.90 Å². The number of nitrogens with zero attached hydrogens (tertiary/aromatic N) is 2. The van der Waals surface area contributed by atoms with Crippen LogP contribution in [0.2, 0.25) is 0 Å². The van der Waals surface area contributed by atoms with Crippen LogP contribution < -0.4 is 0 Å². The molecule has 2 heterocycles. The van der Waals surface area contributed by atoms with Gasteiger partial charge in [0, 0.05) is 25.7 Å². The third kappa shape index (κ3) is 3.29. The van der Waals surface area contributed by atoms with Crippen LogP contribution in [-0.2, 0) is 11.2 Å². The van der Waals surface area contributed by atoms with E-state index >= 15 is 0 Å². The average Bonchev–Trinajstić information content (AvgIpc) is 2.95. The maximum absolute atomic E-state index is 11.9. The molecule has 0 bridgehead atoms. The van der Waals surface area contributed by atoms with Crippen LogP contribution in [0.1, 0.15) is 36.9 Å². The molecule has 1 N–H and O–H groups in total. The molecule has 122 valence electrons. The standard InChI is InChI=1S/C17H24N2O2.ClH/c1-2-13-6-3-4-8-15(13)16(17(20)21)19-11-10-18-9-5-7-14(18)12-19;/h3-4,6,8,14,16H,2,5,7,9-12H2,1H3,(H,20,21);1H/t14-,16?;/m1./s1. The highest BCUT2D eigenvalue weighted by Gasteiger charge is 2.37. The maximum Gasteiger partial charge on any atom is 0.325 e. The molecule has 1 aromatic rings. The minimum atomic E-state index is -0.720. The summed E-state index contributed by atoms with van der Waals surface area (Å²) in [5.74, 6) is -0.720. The lowest BCUT2D eigenvalue weighted by Gasteiger charge is -2.40. The van der Waals surface area contributed by atoms with Gasteiger partial charge in [-0.25, -0.2) is 0 Å². The highest BCUT2D eigenvalue weighted by atomic mass is 35.5. The summed E-state index contributed by atoms with van der Waals surface area (Å²) in [6.07, 6.45) is 3.34. The zero-order valence-electron chi connectivity index (χ0n) is 13.1. The van der Waals surface area contributed by atoms with Gasteiger partial charge in [-0.15, -0.1) is 12.4 Å². The summed E-state index contributed by atoms with van der Waals surface area (Å²) in [5.41, 5.74) is 2.12. The first-order chi connectivity index (χ1) is 10.2. The fourth-order valence-electron chi connectivity index (χ4n) is 3.86. The molecule has 0 aromatic heterocycles. The van der Waals surface area contributed by atoms with Crippen molar-refractivity contribution in [1.29, 1.82) is 0 Å². The van der Waals surface area contributed by atoms with Crippen molar-refractivity contribution >= 4 is 18.4 Å². The number of halogens is 1. The van der Waals surface area contributed by atoms with E-state index in [0.29, 0.717) is 6.04 Å². The number of hydrogen-bond acceptors (Lipinski definition) is 3. The minimum Gasteiger partial charge on any atom is -0.480 e. The second-order valence-electron chi connectivity index (χ2n) is 6.12. The van der Waals surface area contributed by atoms with Crippen molar-refractivity contribution in [2.75, 3.05) is 26.2 Å². The number of aryl methyl sites for hydroxylation is 1. The fraction of sp³-hybridized carbons (Fsp3) is 0.588. The van der Waals surface area contributed by atoms with Crippen LogP contribution in [0.25, 0.3) is 0 Å². The summed E-state index contributed by atoms with van der Waals surface area (Å²) >= 11 is 0. The van der Waals surface area contributed by atoms with Crippen molar-refractivity contribution in [2.24, 2.45) is 0 Å². The zero-order valence-corrected chi connectivity index (χ0v) is 13.9. The Balaban J connectivity index is 0.00000176. The van der Waals surface area contributed by atoms with Crippen molar-refractivity contribution in [3.05, 3.63) is 35.4 Å². The van der Waals surface area contributed by atoms with E-state index in [1.165, 1.54) is 19.4 Å². The summed E-state index contributed by atoms with van der Waals surface area (Å²) in [6, 6.07) is 8.04. The van der Waals surface area contributed by atoms with Gasteiger partial charge in [0.25, 0.3) is 0 Å². The highest BCUT2D eigenvalue weighted by Crippen LogP contribution is 2.30. The molecule has 0 aliphatic carbocycles. The lowest BCUT2D eigenvalue weighted by molar-refractivity contribution is -0.144. The third-order valence-corrected chi connectivity index (χ3v) is 4.95. The first kappa shape index (κ1) is 17.3. The van der Waals surface area contributed by atoms with Gasteiger partial charge in [0.1, 0.15) is 6.04 Å². The fourth-order valence-corrected chi connectivity index (χ4v) is 3.86. The zero-order chi connectivity index (χ0) is 14.8. The van der Waals surface area contributed by atoms with Crippen molar-refractivity contribution in [3.8, 4) is 0 Å². The summed E-state index contributed by atoms with van der Waals surface area (Å²) in [4.78, 5) is 16.6. The first-order valence-corrected chi connectivity index (χ1v) is 7.99. The quantitative estimate of drug-likeness (QED) is 0.924. The molecule has 2 aliphatic rings. The molecule has 1 unspecified atom stereocenters. The summed E-state index contributed by atoms with van der Waals surface area (Å²) in [5, 5.41) is 9.78. The summed E-state index contributed by atoms with van der Waals surface area (Å²) in [7, 11) is 0. The second-order valence-corrected chi connectivity index (χ2v) is 6.12. The number of carboxylic acid groups (broad SMARTS) is 1. The Bertz CT molecular complexity index is 523. The van der Waals surface area contributed by atoms with E-state index in [2.05, 4.69) is 22.8 Å². The molecule has 5 heteroatoms. The summed E-state index contributed by atoms with van der Waals surface area (Å²) < 4.78 is 0. The average molecular weight is 325 g/mol. The molecule has 0 saturated carbocycles. The van der Waals surface area contributed by atoms with Crippen molar-refractivity contribution in [2.45, 2.75) is 38.3 Å². The smallest absolute Gasteiger partial charge is 0.325 e. The van der Waals surface area contributed by atoms with Crippen LogP contribution in [-0.4, -0.2) is 53.1 Å². The van der Waals surface area contributed by atoms with Crippen LogP contribution in [0.4, 0.5) is 0 Å². The number of piperazine rings is 1. The van der Waals surface area contributed by atoms with Gasteiger partial charge >= 0.3 is 5.97 Å². The molecule has 2 aliphatic heterocycles. The van der Waals surface area contributed by atoms with E-state index in [0.717, 1.165) is 37.2 Å². The predicted molar refractivity (Wildman–Crippen MR) is 89.6 cm³/mol. The van der Waals surface area contributed by atoms with Gasteiger partial charge in [-0.1, -0.05) is 31.2 Å². The van der Waals surface area contributed by atoms with Gasteiger partial charge < -0.3 is 5.11 Å².